The Labute approximate surface area is 109 Å². The Morgan fingerprint density at radius 1 is 0.941 bits per heavy atom. The summed E-state index contributed by atoms with van der Waals surface area (Å²) in [6.45, 7) is 4.20. The second-order valence-corrected chi connectivity index (χ2v) is 4.80. The molecule has 5 heteroatoms. The number of thiol groups is 1. The van der Waals surface area contributed by atoms with E-state index in [-0.39, 0.29) is 17.3 Å². The van der Waals surface area contributed by atoms with Gasteiger partial charge in [-0.1, -0.05) is 10.8 Å². The van der Waals surface area contributed by atoms with Crippen LogP contribution in [0.25, 0.3) is 0 Å². The number of carbonyl (C=O) groups excluding carboxylic acids is 3. The molecule has 0 amide bonds. The topological polar surface area (TPSA) is 51.2 Å². The van der Waals surface area contributed by atoms with Gasteiger partial charge in [-0.05, 0) is 32.9 Å². The molecule has 3 nitrogen and oxygen atoms in total. The van der Waals surface area contributed by atoms with Crippen molar-refractivity contribution in [2.75, 3.05) is 0 Å². The standard InChI is InChI=1S/C12H12O3S2/c1-6(13)9-4-10(7(2)14)12(17-16)11(5-9)8(3)15/h4-5,16H,1-3H3. The van der Waals surface area contributed by atoms with Gasteiger partial charge in [-0.15, -0.1) is 11.7 Å². The minimum atomic E-state index is -0.188. The molecule has 0 aliphatic rings. The van der Waals surface area contributed by atoms with Crippen LogP contribution in [0.2, 0.25) is 0 Å². The molecular formula is C12H12O3S2. The van der Waals surface area contributed by atoms with Crippen molar-refractivity contribution in [3.8, 4) is 0 Å². The van der Waals surface area contributed by atoms with E-state index in [4.69, 9.17) is 0 Å². The molecular weight excluding hydrogens is 256 g/mol. The van der Waals surface area contributed by atoms with Gasteiger partial charge in [0.1, 0.15) is 0 Å². The first-order chi connectivity index (χ1) is 7.88. The Bertz CT molecular complexity index is 471. The maximum Gasteiger partial charge on any atom is 0.161 e. The van der Waals surface area contributed by atoms with Gasteiger partial charge in [0.25, 0.3) is 0 Å². The molecule has 0 saturated carbocycles. The van der Waals surface area contributed by atoms with E-state index in [1.54, 1.807) is 0 Å². The Hall–Kier alpha value is -1.07. The molecule has 0 bridgehead atoms. The van der Waals surface area contributed by atoms with Crippen LogP contribution in [0, 0.1) is 0 Å². The molecule has 17 heavy (non-hydrogen) atoms. The van der Waals surface area contributed by atoms with Crippen molar-refractivity contribution in [3.63, 3.8) is 0 Å². The van der Waals surface area contributed by atoms with Crippen LogP contribution in [-0.4, -0.2) is 17.3 Å². The molecule has 0 aliphatic carbocycles. The first-order valence-electron chi connectivity index (χ1n) is 4.90. The predicted octanol–water partition coefficient (Wildman–Crippen LogP) is 3.23. The first-order valence-corrected chi connectivity index (χ1v) is 6.77. The van der Waals surface area contributed by atoms with E-state index >= 15 is 0 Å². The maximum atomic E-state index is 11.5. The summed E-state index contributed by atoms with van der Waals surface area (Å²) in [7, 11) is 1.04. The molecule has 0 fully saturated rings. The summed E-state index contributed by atoms with van der Waals surface area (Å²) in [5.41, 5.74) is 1.09. The molecule has 0 aromatic heterocycles. The first kappa shape index (κ1) is 14.0. The highest BCUT2D eigenvalue weighted by molar-refractivity contribution is 8.68. The SMILES string of the molecule is CC(=O)c1cc(C(C)=O)c(SS)c(C(C)=O)c1. The summed E-state index contributed by atoms with van der Waals surface area (Å²) in [4.78, 5) is 34.9. The highest BCUT2D eigenvalue weighted by Crippen LogP contribution is 2.31. The van der Waals surface area contributed by atoms with Crippen LogP contribution in [0.5, 0.6) is 0 Å². The van der Waals surface area contributed by atoms with Crippen molar-refractivity contribution in [3.05, 3.63) is 28.8 Å². The molecule has 0 spiro atoms. The van der Waals surface area contributed by atoms with Crippen molar-refractivity contribution in [1.29, 1.82) is 0 Å². The van der Waals surface area contributed by atoms with E-state index in [2.05, 4.69) is 11.7 Å². The lowest BCUT2D eigenvalue weighted by Crippen LogP contribution is -2.06. The number of carbonyl (C=O) groups is 3. The summed E-state index contributed by atoms with van der Waals surface area (Å²) in [6, 6.07) is 3.02. The average molecular weight is 268 g/mol. The molecule has 1 rings (SSSR count). The smallest absolute Gasteiger partial charge is 0.161 e. The van der Waals surface area contributed by atoms with Gasteiger partial charge in [0, 0.05) is 21.6 Å². The third-order valence-corrected chi connectivity index (χ3v) is 3.52. The quantitative estimate of drug-likeness (QED) is 0.517. The molecule has 90 valence electrons. The second-order valence-electron chi connectivity index (χ2n) is 3.66. The van der Waals surface area contributed by atoms with Crippen LogP contribution in [-0.2, 0) is 0 Å². The van der Waals surface area contributed by atoms with E-state index < -0.39 is 0 Å². The van der Waals surface area contributed by atoms with Gasteiger partial charge in [-0.25, -0.2) is 0 Å². The number of ketones is 3. The summed E-state index contributed by atoms with van der Waals surface area (Å²) in [5.74, 6) is -0.551. The number of benzene rings is 1. The number of hydrogen-bond acceptors (Lipinski definition) is 5. The van der Waals surface area contributed by atoms with Gasteiger partial charge >= 0.3 is 0 Å². The number of rotatable bonds is 4. The highest BCUT2D eigenvalue weighted by atomic mass is 33.1. The molecule has 0 N–H and O–H groups in total. The van der Waals surface area contributed by atoms with Crippen LogP contribution in [0.15, 0.2) is 17.0 Å². The fraction of sp³-hybridized carbons (Fsp3) is 0.250. The minimum Gasteiger partial charge on any atom is -0.295 e. The van der Waals surface area contributed by atoms with Crippen molar-refractivity contribution in [2.24, 2.45) is 0 Å². The predicted molar refractivity (Wildman–Crippen MR) is 71.3 cm³/mol. The van der Waals surface area contributed by atoms with Crippen LogP contribution < -0.4 is 0 Å². The molecule has 1 aromatic carbocycles. The van der Waals surface area contributed by atoms with Gasteiger partial charge in [-0.3, -0.25) is 14.4 Å². The lowest BCUT2D eigenvalue weighted by molar-refractivity contribution is 0.101. The molecule has 0 heterocycles. The normalized spacial score (nSPS) is 10.1. The Morgan fingerprint density at radius 2 is 1.35 bits per heavy atom. The summed E-state index contributed by atoms with van der Waals surface area (Å²) in [6.07, 6.45) is 0. The van der Waals surface area contributed by atoms with Crippen LogP contribution in [0.1, 0.15) is 51.8 Å². The minimum absolute atomic E-state index is 0.175. The monoisotopic (exact) mass is 268 g/mol. The van der Waals surface area contributed by atoms with Crippen LogP contribution in [0.3, 0.4) is 0 Å². The summed E-state index contributed by atoms with van der Waals surface area (Å²) >= 11 is 4.05. The zero-order chi connectivity index (χ0) is 13.2. The molecule has 0 aliphatic heterocycles. The van der Waals surface area contributed by atoms with Crippen molar-refractivity contribution in [1.82, 2.24) is 0 Å². The average Bonchev–Trinajstić information content (AvgIpc) is 2.26. The van der Waals surface area contributed by atoms with Gasteiger partial charge in [-0.2, -0.15) is 0 Å². The second kappa shape index (κ2) is 5.51. The largest absolute Gasteiger partial charge is 0.295 e. The van der Waals surface area contributed by atoms with E-state index in [9.17, 15) is 14.4 Å². The summed E-state index contributed by atoms with van der Waals surface area (Å²) < 4.78 is 0. The third kappa shape index (κ3) is 2.98. The van der Waals surface area contributed by atoms with Crippen LogP contribution >= 0.6 is 22.5 Å². The Kier molecular flexibility index (Phi) is 4.54. The van der Waals surface area contributed by atoms with Crippen molar-refractivity contribution < 1.29 is 14.4 Å². The van der Waals surface area contributed by atoms with Crippen molar-refractivity contribution in [2.45, 2.75) is 25.7 Å². The Morgan fingerprint density at radius 3 is 1.59 bits per heavy atom. The molecule has 0 saturated heterocycles. The van der Waals surface area contributed by atoms with Gasteiger partial charge in [0.15, 0.2) is 17.3 Å². The fourth-order valence-corrected chi connectivity index (χ4v) is 2.65. The zero-order valence-electron chi connectivity index (χ0n) is 9.73. The van der Waals surface area contributed by atoms with Gasteiger partial charge in [0.2, 0.25) is 0 Å². The highest BCUT2D eigenvalue weighted by Gasteiger charge is 2.17. The summed E-state index contributed by atoms with van der Waals surface area (Å²) in [5, 5.41) is 0. The number of Topliss-reactive ketones (excluding diaryl/α,β-unsaturated/α-hetero) is 3. The maximum absolute atomic E-state index is 11.5. The van der Waals surface area contributed by atoms with Crippen LogP contribution in [0.4, 0.5) is 0 Å². The molecule has 1 aromatic rings. The molecule has 0 atom stereocenters. The van der Waals surface area contributed by atoms with E-state index in [0.29, 0.717) is 21.6 Å². The molecule has 0 radical (unpaired) electrons. The van der Waals surface area contributed by atoms with Gasteiger partial charge in [0.05, 0.1) is 0 Å². The van der Waals surface area contributed by atoms with Crippen molar-refractivity contribution >= 4 is 39.8 Å². The van der Waals surface area contributed by atoms with Gasteiger partial charge < -0.3 is 0 Å². The number of hydrogen-bond donors (Lipinski definition) is 1. The third-order valence-electron chi connectivity index (χ3n) is 2.35. The lowest BCUT2D eigenvalue weighted by Gasteiger charge is -2.10. The lowest BCUT2D eigenvalue weighted by atomic mass is 9.99. The Balaban J connectivity index is 3.63. The zero-order valence-corrected chi connectivity index (χ0v) is 11.4. The fourth-order valence-electron chi connectivity index (χ4n) is 1.45. The van der Waals surface area contributed by atoms with E-state index in [1.165, 1.54) is 32.9 Å². The molecule has 0 unspecified atom stereocenters. The van der Waals surface area contributed by atoms with E-state index in [1.807, 2.05) is 0 Å². The van der Waals surface area contributed by atoms with E-state index in [0.717, 1.165) is 10.8 Å².